The van der Waals surface area contributed by atoms with Crippen molar-refractivity contribution in [3.05, 3.63) is 11.8 Å². The van der Waals surface area contributed by atoms with Crippen molar-refractivity contribution in [2.24, 2.45) is 0 Å². The molecule has 0 saturated carbocycles. The van der Waals surface area contributed by atoms with Gasteiger partial charge in [-0.1, -0.05) is 0 Å². The molecule has 2 unspecified atom stereocenters. The van der Waals surface area contributed by atoms with Gasteiger partial charge in [-0.25, -0.2) is 4.79 Å². The summed E-state index contributed by atoms with van der Waals surface area (Å²) < 4.78 is 5.17. The van der Waals surface area contributed by atoms with E-state index in [1.165, 1.54) is 11.0 Å². The van der Waals surface area contributed by atoms with Gasteiger partial charge in [0.05, 0.1) is 13.0 Å². The average molecular weight is 199 g/mol. The van der Waals surface area contributed by atoms with Gasteiger partial charge in [-0.15, -0.1) is 0 Å². The van der Waals surface area contributed by atoms with Crippen molar-refractivity contribution in [2.45, 2.75) is 18.7 Å². The minimum atomic E-state index is -1.14. The maximum Gasteiger partial charge on any atom is 0.334 e. The van der Waals surface area contributed by atoms with Crippen LogP contribution in [0.1, 0.15) is 6.42 Å². The second kappa shape index (κ2) is 2.98. The first kappa shape index (κ1) is 9.01. The van der Waals surface area contributed by atoms with Crippen LogP contribution in [0.2, 0.25) is 0 Å². The Balaban J connectivity index is 2.26. The van der Waals surface area contributed by atoms with Crippen LogP contribution < -0.4 is 0 Å². The quantitative estimate of drug-likeness (QED) is 0.551. The normalized spacial score (nSPS) is 32.5. The largest absolute Gasteiger partial charge is 0.479 e. The smallest absolute Gasteiger partial charge is 0.334 e. The Kier molecular flexibility index (Phi) is 1.92. The number of carbonyl (C=O) groups excluding carboxylic acids is 1. The molecule has 6 nitrogen and oxygen atoms in total. The lowest BCUT2D eigenvalue weighted by atomic mass is 10.1. The summed E-state index contributed by atoms with van der Waals surface area (Å²) in [5.41, 5.74) is 0. The number of ether oxygens (including phenoxy) is 1. The van der Waals surface area contributed by atoms with E-state index in [9.17, 15) is 9.59 Å². The lowest BCUT2D eigenvalue weighted by Gasteiger charge is -2.33. The van der Waals surface area contributed by atoms with E-state index < -0.39 is 18.2 Å². The molecular weight excluding hydrogens is 190 g/mol. The molecule has 1 amide bonds. The highest BCUT2D eigenvalue weighted by atomic mass is 16.5. The first-order chi connectivity index (χ1) is 6.65. The third kappa shape index (κ3) is 1.07. The fourth-order valence-electron chi connectivity index (χ4n) is 1.66. The number of hydrogen-bond acceptors (Lipinski definition) is 4. The number of hydrogen-bond donors (Lipinski definition) is 2. The molecule has 2 N–H and O–H groups in total. The zero-order valence-electron chi connectivity index (χ0n) is 7.21. The summed E-state index contributed by atoms with van der Waals surface area (Å²) in [6.45, 7) is -0.298. The van der Waals surface area contributed by atoms with Gasteiger partial charge >= 0.3 is 5.97 Å². The standard InChI is InChI=1S/C8H9NO5/c10-2-1-4-7(8(12)13)9-5(11)3-6(9)14-4/h1,6-7,10H,2-3H2,(H,12,13)/b4-1+. The van der Waals surface area contributed by atoms with Crippen LogP contribution in [0.3, 0.4) is 0 Å². The molecule has 2 heterocycles. The molecule has 2 fully saturated rings. The van der Waals surface area contributed by atoms with Gasteiger partial charge in [-0.3, -0.25) is 9.69 Å². The Labute approximate surface area is 79.4 Å². The van der Waals surface area contributed by atoms with Crippen molar-refractivity contribution in [1.82, 2.24) is 4.90 Å². The number of carboxylic acids is 1. The van der Waals surface area contributed by atoms with E-state index >= 15 is 0 Å². The summed E-state index contributed by atoms with van der Waals surface area (Å²) in [5, 5.41) is 17.5. The summed E-state index contributed by atoms with van der Waals surface area (Å²) in [6, 6.07) is -1.06. The number of fused-ring (bicyclic) bond motifs is 1. The molecule has 6 heteroatoms. The Morgan fingerprint density at radius 2 is 2.43 bits per heavy atom. The Bertz CT molecular complexity index is 324. The number of aliphatic carboxylic acids is 1. The lowest BCUT2D eigenvalue weighted by molar-refractivity contribution is -0.163. The second-order valence-electron chi connectivity index (χ2n) is 3.11. The van der Waals surface area contributed by atoms with Gasteiger partial charge in [0.25, 0.3) is 0 Å². The highest BCUT2D eigenvalue weighted by Crippen LogP contribution is 2.36. The number of carboxylic acid groups (broad SMARTS) is 1. The van der Waals surface area contributed by atoms with Crippen LogP contribution >= 0.6 is 0 Å². The van der Waals surface area contributed by atoms with Crippen LogP contribution in [0.15, 0.2) is 11.8 Å². The van der Waals surface area contributed by atoms with Crippen LogP contribution in [-0.4, -0.2) is 45.9 Å². The second-order valence-corrected chi connectivity index (χ2v) is 3.11. The van der Waals surface area contributed by atoms with Crippen molar-refractivity contribution in [3.63, 3.8) is 0 Å². The van der Waals surface area contributed by atoms with Gasteiger partial charge in [0.1, 0.15) is 5.76 Å². The topological polar surface area (TPSA) is 87.1 Å². The van der Waals surface area contributed by atoms with Gasteiger partial charge in [-0.05, 0) is 6.08 Å². The fourth-order valence-corrected chi connectivity index (χ4v) is 1.66. The molecule has 0 aromatic carbocycles. The highest BCUT2D eigenvalue weighted by molar-refractivity contribution is 5.91. The highest BCUT2D eigenvalue weighted by Gasteiger charge is 2.53. The predicted molar refractivity (Wildman–Crippen MR) is 42.9 cm³/mol. The maximum atomic E-state index is 11.1. The van der Waals surface area contributed by atoms with E-state index in [4.69, 9.17) is 14.9 Å². The van der Waals surface area contributed by atoms with Gasteiger partial charge in [0.15, 0.2) is 12.3 Å². The average Bonchev–Trinajstić information content (AvgIpc) is 2.39. The summed E-state index contributed by atoms with van der Waals surface area (Å²) >= 11 is 0. The molecule has 0 aromatic rings. The molecule has 2 rings (SSSR count). The molecule has 0 aliphatic carbocycles. The molecule has 0 spiro atoms. The molecule has 2 atom stereocenters. The molecule has 0 radical (unpaired) electrons. The molecule has 0 aromatic heterocycles. The number of β-lactam (4-membered cyclic amide) rings is 1. The number of carbonyl (C=O) groups is 2. The summed E-state index contributed by atoms with van der Waals surface area (Å²) in [7, 11) is 0. The number of nitrogens with zero attached hydrogens (tertiary/aromatic N) is 1. The molecule has 76 valence electrons. The molecule has 2 aliphatic heterocycles. The van der Waals surface area contributed by atoms with Crippen LogP contribution in [0.25, 0.3) is 0 Å². The molecule has 2 saturated heterocycles. The van der Waals surface area contributed by atoms with Crippen molar-refractivity contribution in [3.8, 4) is 0 Å². The minimum absolute atomic E-state index is 0.149. The van der Waals surface area contributed by atoms with Crippen LogP contribution in [0.4, 0.5) is 0 Å². The van der Waals surface area contributed by atoms with Gasteiger partial charge in [0.2, 0.25) is 5.91 Å². The zero-order chi connectivity index (χ0) is 10.3. The van der Waals surface area contributed by atoms with E-state index in [1.807, 2.05) is 0 Å². The predicted octanol–water partition coefficient (Wildman–Crippen LogP) is -1.10. The Morgan fingerprint density at radius 1 is 1.71 bits per heavy atom. The van der Waals surface area contributed by atoms with E-state index in [1.54, 1.807) is 0 Å². The van der Waals surface area contributed by atoms with Gasteiger partial charge < -0.3 is 14.9 Å². The molecule has 0 bridgehead atoms. The number of aliphatic hydroxyl groups is 1. The Morgan fingerprint density at radius 3 is 2.93 bits per heavy atom. The fraction of sp³-hybridized carbons (Fsp3) is 0.500. The van der Waals surface area contributed by atoms with Crippen molar-refractivity contribution >= 4 is 11.9 Å². The van der Waals surface area contributed by atoms with Gasteiger partial charge in [0, 0.05) is 0 Å². The van der Waals surface area contributed by atoms with E-state index in [-0.39, 0.29) is 24.7 Å². The molecule has 14 heavy (non-hydrogen) atoms. The van der Waals surface area contributed by atoms with Crippen LogP contribution in [0, 0.1) is 0 Å². The third-order valence-electron chi connectivity index (χ3n) is 2.29. The zero-order valence-corrected chi connectivity index (χ0v) is 7.21. The summed E-state index contributed by atoms with van der Waals surface area (Å²) in [6.07, 6.45) is 1.03. The lowest BCUT2D eigenvalue weighted by Crippen LogP contribution is -2.54. The third-order valence-corrected chi connectivity index (χ3v) is 2.29. The van der Waals surface area contributed by atoms with Crippen LogP contribution in [-0.2, 0) is 14.3 Å². The van der Waals surface area contributed by atoms with Crippen LogP contribution in [0.5, 0.6) is 0 Å². The first-order valence-electron chi connectivity index (χ1n) is 4.16. The summed E-state index contributed by atoms with van der Waals surface area (Å²) in [5.74, 6) is -1.22. The minimum Gasteiger partial charge on any atom is -0.479 e. The summed E-state index contributed by atoms with van der Waals surface area (Å²) in [4.78, 5) is 23.1. The van der Waals surface area contributed by atoms with E-state index in [0.717, 1.165) is 0 Å². The maximum absolute atomic E-state index is 11.1. The van der Waals surface area contributed by atoms with Gasteiger partial charge in [-0.2, -0.15) is 0 Å². The first-order valence-corrected chi connectivity index (χ1v) is 4.16. The van der Waals surface area contributed by atoms with E-state index in [0.29, 0.717) is 0 Å². The van der Waals surface area contributed by atoms with Crippen molar-refractivity contribution < 1.29 is 24.5 Å². The monoisotopic (exact) mass is 199 g/mol. The number of rotatable bonds is 2. The number of amides is 1. The van der Waals surface area contributed by atoms with E-state index in [2.05, 4.69) is 0 Å². The molecular formula is C8H9NO5. The van der Waals surface area contributed by atoms with Crippen molar-refractivity contribution in [2.75, 3.05) is 6.61 Å². The SMILES string of the molecule is O=C(O)C1/C(=C\CO)OC2CC(=O)N21. The Hall–Kier alpha value is -1.56. The number of aliphatic hydroxyl groups excluding tert-OH is 1. The molecule has 2 aliphatic rings. The van der Waals surface area contributed by atoms with Crippen molar-refractivity contribution in [1.29, 1.82) is 0 Å².